The summed E-state index contributed by atoms with van der Waals surface area (Å²) in [6, 6.07) is 21.2. The summed E-state index contributed by atoms with van der Waals surface area (Å²) in [6.07, 6.45) is 0. The van der Waals surface area contributed by atoms with E-state index in [2.05, 4.69) is 90.9 Å². The molecule has 0 saturated heterocycles. The summed E-state index contributed by atoms with van der Waals surface area (Å²) in [4.78, 5) is 9.46. The average Bonchev–Trinajstić information content (AvgIpc) is 2.49. The van der Waals surface area contributed by atoms with Crippen LogP contribution < -0.4 is 4.48 Å². The van der Waals surface area contributed by atoms with Crippen LogP contribution in [0.3, 0.4) is 0 Å². The van der Waals surface area contributed by atoms with Crippen LogP contribution in [-0.4, -0.2) is 20.1 Å². The molecule has 0 atom stereocenters. The minimum atomic E-state index is -0.480. The van der Waals surface area contributed by atoms with Gasteiger partial charge in [-0.3, -0.25) is 9.28 Å². The number of halogens is 1. The van der Waals surface area contributed by atoms with Crippen molar-refractivity contribution in [3.63, 3.8) is 0 Å². The van der Waals surface area contributed by atoms with E-state index >= 15 is 0 Å². The number of benzene rings is 2. The number of quaternary nitrogens is 1. The summed E-state index contributed by atoms with van der Waals surface area (Å²) in [7, 11) is 4.48. The highest BCUT2D eigenvalue weighted by atomic mass is 35.5. The summed E-state index contributed by atoms with van der Waals surface area (Å²) in [6.45, 7) is 2.25. The van der Waals surface area contributed by atoms with Crippen LogP contribution in [0.4, 0.5) is 5.69 Å². The van der Waals surface area contributed by atoms with Crippen molar-refractivity contribution in [1.82, 2.24) is 4.48 Å². The van der Waals surface area contributed by atoms with E-state index in [4.69, 9.17) is 0 Å². The summed E-state index contributed by atoms with van der Waals surface area (Å²) in [5.74, 6) is -0.480. The molecule has 0 unspecified atom stereocenters. The first-order chi connectivity index (χ1) is 9.95. The van der Waals surface area contributed by atoms with Gasteiger partial charge >= 0.3 is 5.97 Å². The summed E-state index contributed by atoms with van der Waals surface area (Å²) >= 11 is 4.49. The predicted molar refractivity (Wildman–Crippen MR) is 87.8 cm³/mol. The Bertz CT molecular complexity index is 541. The Morgan fingerprint density at radius 3 is 1.86 bits per heavy atom. The molecule has 21 heavy (non-hydrogen) atoms. The van der Waals surface area contributed by atoms with Gasteiger partial charge in [0.05, 0.1) is 14.1 Å². The molecule has 0 aliphatic rings. The van der Waals surface area contributed by atoms with Crippen molar-refractivity contribution in [2.75, 3.05) is 14.1 Å². The number of carbonyl (C=O) groups is 1. The van der Waals surface area contributed by atoms with E-state index in [0.29, 0.717) is 0 Å². The van der Waals surface area contributed by atoms with E-state index in [1.807, 2.05) is 0 Å². The van der Waals surface area contributed by atoms with Crippen LogP contribution in [0.5, 0.6) is 0 Å². The monoisotopic (exact) mass is 306 g/mol. The highest BCUT2D eigenvalue weighted by molar-refractivity contribution is 6.12. The zero-order valence-corrected chi connectivity index (χ0v) is 13.4. The Labute approximate surface area is 131 Å². The zero-order chi connectivity index (χ0) is 15.7. The fourth-order valence-electron chi connectivity index (χ4n) is 1.96. The van der Waals surface area contributed by atoms with Crippen molar-refractivity contribution in [2.45, 2.75) is 13.5 Å². The Morgan fingerprint density at radius 1 is 1.00 bits per heavy atom. The van der Waals surface area contributed by atoms with Gasteiger partial charge in [0, 0.05) is 12.5 Å². The molecule has 0 saturated carbocycles. The molecule has 0 spiro atoms. The van der Waals surface area contributed by atoms with Crippen LogP contribution in [0.25, 0.3) is 0 Å². The van der Waals surface area contributed by atoms with E-state index in [1.54, 1.807) is 0 Å². The van der Waals surface area contributed by atoms with E-state index < -0.39 is 5.97 Å². The molecule has 0 fully saturated rings. The van der Waals surface area contributed by atoms with Gasteiger partial charge in [0.2, 0.25) is 0 Å². The molecule has 2 aromatic rings. The first kappa shape index (κ1) is 17.2. The second kappa shape index (κ2) is 8.45. The average molecular weight is 307 g/mol. The molecule has 2 rings (SSSR count). The fourth-order valence-corrected chi connectivity index (χ4v) is 1.96. The normalized spacial score (nSPS) is 10.3. The van der Waals surface area contributed by atoms with Gasteiger partial charge in [0.1, 0.15) is 24.1 Å². The third kappa shape index (κ3) is 6.43. The third-order valence-corrected chi connectivity index (χ3v) is 3.20. The number of para-hydroxylation sites is 1. The standard InChI is InChI=1S/C15H18N.C2H3ClO2/c1-16(2,15-11-7-4-8-12-15)13-14-9-5-3-6-10-14;1-2(4)5-3/h3-12H,13H2,1-2H3;1H3/q+1;. The molecule has 112 valence electrons. The Hall–Kier alpha value is -1.84. The minimum absolute atomic E-state index is 0.480. The van der Waals surface area contributed by atoms with Gasteiger partial charge < -0.3 is 4.29 Å². The second-order valence-corrected chi connectivity index (χ2v) is 5.39. The molecule has 0 heterocycles. The smallest absolute Gasteiger partial charge is 0.321 e. The van der Waals surface area contributed by atoms with Gasteiger partial charge in [0.25, 0.3) is 0 Å². The minimum Gasteiger partial charge on any atom is -0.348 e. The third-order valence-electron chi connectivity index (χ3n) is 2.98. The second-order valence-electron chi connectivity index (χ2n) is 5.23. The summed E-state index contributed by atoms with van der Waals surface area (Å²) < 4.78 is 4.46. The quantitative estimate of drug-likeness (QED) is 0.796. The van der Waals surface area contributed by atoms with Crippen LogP contribution >= 0.6 is 11.9 Å². The molecule has 0 N–H and O–H groups in total. The van der Waals surface area contributed by atoms with Crippen molar-refractivity contribution in [2.24, 2.45) is 0 Å². The summed E-state index contributed by atoms with van der Waals surface area (Å²) in [5.41, 5.74) is 2.71. The lowest BCUT2D eigenvalue weighted by Crippen LogP contribution is -2.39. The molecular formula is C17H21ClNO2+. The van der Waals surface area contributed by atoms with E-state index in [-0.39, 0.29) is 0 Å². The Kier molecular flexibility index (Phi) is 6.92. The molecule has 0 radical (unpaired) electrons. The predicted octanol–water partition coefficient (Wildman–Crippen LogP) is 4.16. The van der Waals surface area contributed by atoms with Crippen LogP contribution in [-0.2, 0) is 15.6 Å². The number of rotatable bonds is 3. The van der Waals surface area contributed by atoms with Crippen LogP contribution in [0, 0.1) is 0 Å². The highest BCUT2D eigenvalue weighted by Crippen LogP contribution is 2.21. The maximum atomic E-state index is 9.46. The van der Waals surface area contributed by atoms with Crippen molar-refractivity contribution in [1.29, 1.82) is 0 Å². The van der Waals surface area contributed by atoms with Crippen LogP contribution in [0.1, 0.15) is 12.5 Å². The topological polar surface area (TPSA) is 26.3 Å². The molecule has 4 heteroatoms. The molecule has 0 aliphatic heterocycles. The van der Waals surface area contributed by atoms with Crippen LogP contribution in [0.2, 0.25) is 0 Å². The van der Waals surface area contributed by atoms with Crippen LogP contribution in [0.15, 0.2) is 60.7 Å². The zero-order valence-electron chi connectivity index (χ0n) is 12.6. The van der Waals surface area contributed by atoms with E-state index in [9.17, 15) is 4.79 Å². The largest absolute Gasteiger partial charge is 0.348 e. The van der Waals surface area contributed by atoms with Crippen molar-refractivity contribution in [3.8, 4) is 0 Å². The molecule has 3 nitrogen and oxygen atoms in total. The number of carbonyl (C=O) groups excluding carboxylic acids is 1. The van der Waals surface area contributed by atoms with Crippen molar-refractivity contribution in [3.05, 3.63) is 66.2 Å². The van der Waals surface area contributed by atoms with Gasteiger partial charge in [-0.05, 0) is 12.1 Å². The highest BCUT2D eigenvalue weighted by Gasteiger charge is 2.18. The van der Waals surface area contributed by atoms with E-state index in [1.165, 1.54) is 18.2 Å². The van der Waals surface area contributed by atoms with E-state index in [0.717, 1.165) is 11.0 Å². The Morgan fingerprint density at radius 2 is 1.43 bits per heavy atom. The maximum Gasteiger partial charge on any atom is 0.321 e. The number of hydrogen-bond donors (Lipinski definition) is 0. The lowest BCUT2D eigenvalue weighted by Gasteiger charge is -2.29. The van der Waals surface area contributed by atoms with Crippen molar-refractivity contribution >= 4 is 23.5 Å². The fraction of sp³-hybridized carbons (Fsp3) is 0.235. The van der Waals surface area contributed by atoms with Gasteiger partial charge in [-0.2, -0.15) is 0 Å². The van der Waals surface area contributed by atoms with Gasteiger partial charge in [0.15, 0.2) is 0 Å². The summed E-state index contributed by atoms with van der Waals surface area (Å²) in [5, 5.41) is 0. The molecule has 0 bridgehead atoms. The van der Waals surface area contributed by atoms with Crippen molar-refractivity contribution < 1.29 is 9.08 Å². The first-order valence-corrected chi connectivity index (χ1v) is 6.98. The number of hydrogen-bond acceptors (Lipinski definition) is 2. The van der Waals surface area contributed by atoms with Gasteiger partial charge in [-0.15, -0.1) is 0 Å². The SMILES string of the molecule is CC(=O)OCl.C[N+](C)(Cc1ccccc1)c1ccccc1. The van der Waals surface area contributed by atoms with Gasteiger partial charge in [-0.1, -0.05) is 48.5 Å². The molecular weight excluding hydrogens is 286 g/mol. The van der Waals surface area contributed by atoms with Gasteiger partial charge in [-0.25, -0.2) is 0 Å². The first-order valence-electron chi connectivity index (χ1n) is 6.67. The molecule has 0 aliphatic carbocycles. The lowest BCUT2D eigenvalue weighted by molar-refractivity contribution is -0.131. The molecule has 0 aromatic heterocycles. The maximum absolute atomic E-state index is 9.46. The lowest BCUT2D eigenvalue weighted by atomic mass is 10.2. The number of nitrogens with zero attached hydrogens (tertiary/aromatic N) is 1. The Balaban J connectivity index is 0.000000383. The molecule has 2 aromatic carbocycles. The molecule has 0 amide bonds.